The van der Waals surface area contributed by atoms with Crippen LogP contribution in [-0.4, -0.2) is 22.9 Å². The Morgan fingerprint density at radius 1 is 1.33 bits per heavy atom. The molecule has 1 aromatic carbocycles. The quantitative estimate of drug-likeness (QED) is 0.740. The number of anilines is 3. The molecule has 18 heavy (non-hydrogen) atoms. The lowest BCUT2D eigenvalue weighted by atomic mass is 10.1. The van der Waals surface area contributed by atoms with Crippen molar-refractivity contribution in [3.63, 3.8) is 0 Å². The first-order chi connectivity index (χ1) is 8.66. The zero-order chi connectivity index (χ0) is 12.7. The fourth-order valence-electron chi connectivity index (χ4n) is 1.89. The number of fused-ring (bicyclic) bond motifs is 2. The standard InChI is InChI=1S/C12H9ClN4O/c1-17-9-6-14-12(13)16-10(9)15-8-5-3-2-4-7(8)11(17)18/h2-6H,1H3,(H,14,15,16). The second-order valence-electron chi connectivity index (χ2n) is 3.91. The average Bonchev–Trinajstić information content (AvgIpc) is 2.47. The average molecular weight is 261 g/mol. The molecular weight excluding hydrogens is 252 g/mol. The van der Waals surface area contributed by atoms with Gasteiger partial charge in [-0.3, -0.25) is 4.79 Å². The number of benzene rings is 1. The van der Waals surface area contributed by atoms with Crippen LogP contribution in [0.2, 0.25) is 5.28 Å². The molecule has 3 rings (SSSR count). The van der Waals surface area contributed by atoms with Crippen LogP contribution in [0.3, 0.4) is 0 Å². The zero-order valence-electron chi connectivity index (χ0n) is 9.51. The molecule has 1 N–H and O–H groups in total. The minimum atomic E-state index is -0.109. The van der Waals surface area contributed by atoms with Gasteiger partial charge in [-0.05, 0) is 23.7 Å². The maximum absolute atomic E-state index is 12.3. The monoisotopic (exact) mass is 260 g/mol. The van der Waals surface area contributed by atoms with E-state index in [0.29, 0.717) is 22.8 Å². The van der Waals surface area contributed by atoms with E-state index in [1.54, 1.807) is 13.1 Å². The number of amides is 1. The van der Waals surface area contributed by atoms with Crippen LogP contribution in [0.5, 0.6) is 0 Å². The van der Waals surface area contributed by atoms with Gasteiger partial charge in [-0.15, -0.1) is 0 Å². The number of aromatic nitrogens is 2. The summed E-state index contributed by atoms with van der Waals surface area (Å²) in [4.78, 5) is 21.8. The van der Waals surface area contributed by atoms with Crippen molar-refractivity contribution in [1.82, 2.24) is 9.97 Å². The van der Waals surface area contributed by atoms with Gasteiger partial charge in [-0.25, -0.2) is 4.98 Å². The zero-order valence-corrected chi connectivity index (χ0v) is 10.3. The lowest BCUT2D eigenvalue weighted by Gasteiger charge is -2.15. The highest BCUT2D eigenvalue weighted by atomic mass is 35.5. The van der Waals surface area contributed by atoms with E-state index in [9.17, 15) is 4.79 Å². The molecule has 0 aliphatic carbocycles. The fraction of sp³-hybridized carbons (Fsp3) is 0.0833. The third kappa shape index (κ3) is 1.60. The van der Waals surface area contributed by atoms with E-state index in [1.807, 2.05) is 18.2 Å². The first kappa shape index (κ1) is 11.0. The number of carbonyl (C=O) groups is 1. The number of hydrogen-bond donors (Lipinski definition) is 1. The number of para-hydroxylation sites is 1. The summed E-state index contributed by atoms with van der Waals surface area (Å²) >= 11 is 5.78. The normalized spacial score (nSPS) is 13.4. The van der Waals surface area contributed by atoms with E-state index in [2.05, 4.69) is 15.3 Å². The van der Waals surface area contributed by atoms with Gasteiger partial charge in [0, 0.05) is 7.05 Å². The summed E-state index contributed by atoms with van der Waals surface area (Å²) in [5.74, 6) is 0.415. The number of nitrogens with one attached hydrogen (secondary N) is 1. The molecule has 5 nitrogen and oxygen atoms in total. The number of carbonyl (C=O) groups excluding carboxylic acids is 1. The summed E-state index contributed by atoms with van der Waals surface area (Å²) in [7, 11) is 1.68. The molecule has 0 radical (unpaired) electrons. The Morgan fingerprint density at radius 3 is 2.94 bits per heavy atom. The van der Waals surface area contributed by atoms with Crippen molar-refractivity contribution in [3.05, 3.63) is 41.3 Å². The smallest absolute Gasteiger partial charge is 0.260 e. The molecule has 0 atom stereocenters. The molecule has 1 aliphatic rings. The molecule has 0 unspecified atom stereocenters. The van der Waals surface area contributed by atoms with Crippen LogP contribution in [-0.2, 0) is 0 Å². The van der Waals surface area contributed by atoms with Gasteiger partial charge in [0.15, 0.2) is 5.82 Å². The Balaban J connectivity index is 2.24. The van der Waals surface area contributed by atoms with E-state index >= 15 is 0 Å². The van der Waals surface area contributed by atoms with E-state index < -0.39 is 0 Å². The Hall–Kier alpha value is -2.14. The highest BCUT2D eigenvalue weighted by Gasteiger charge is 2.24. The first-order valence-electron chi connectivity index (χ1n) is 5.33. The SMILES string of the molecule is CN1C(=O)c2ccccc2Nc2nc(Cl)ncc21. The predicted molar refractivity (Wildman–Crippen MR) is 69.5 cm³/mol. The maximum Gasteiger partial charge on any atom is 0.260 e. The molecule has 0 spiro atoms. The molecule has 0 fully saturated rings. The predicted octanol–water partition coefficient (Wildman–Crippen LogP) is 2.46. The van der Waals surface area contributed by atoms with Gasteiger partial charge in [-0.2, -0.15) is 4.98 Å². The van der Waals surface area contributed by atoms with Gasteiger partial charge in [-0.1, -0.05) is 12.1 Å². The van der Waals surface area contributed by atoms with Gasteiger partial charge >= 0.3 is 0 Å². The highest BCUT2D eigenvalue weighted by Crippen LogP contribution is 2.33. The van der Waals surface area contributed by atoms with Crippen LogP contribution >= 0.6 is 11.6 Å². The van der Waals surface area contributed by atoms with Crippen molar-refractivity contribution in [1.29, 1.82) is 0 Å². The van der Waals surface area contributed by atoms with Crippen LogP contribution in [0.1, 0.15) is 10.4 Å². The summed E-state index contributed by atoms with van der Waals surface area (Å²) in [5, 5.41) is 3.25. The molecule has 6 heteroatoms. The van der Waals surface area contributed by atoms with Gasteiger partial charge in [0.2, 0.25) is 5.28 Å². The Kier molecular flexibility index (Phi) is 2.41. The van der Waals surface area contributed by atoms with Crippen LogP contribution in [0.15, 0.2) is 30.5 Å². The Morgan fingerprint density at radius 2 is 2.11 bits per heavy atom. The topological polar surface area (TPSA) is 58.1 Å². The van der Waals surface area contributed by atoms with Crippen molar-refractivity contribution in [2.75, 3.05) is 17.3 Å². The Labute approximate surface area is 108 Å². The van der Waals surface area contributed by atoms with E-state index in [1.165, 1.54) is 11.1 Å². The molecule has 1 amide bonds. The largest absolute Gasteiger partial charge is 0.338 e. The molecule has 2 aromatic rings. The highest BCUT2D eigenvalue weighted by molar-refractivity contribution is 6.28. The third-order valence-corrected chi connectivity index (χ3v) is 3.00. The van der Waals surface area contributed by atoms with Crippen molar-refractivity contribution in [3.8, 4) is 0 Å². The Bertz CT molecular complexity index is 644. The van der Waals surface area contributed by atoms with Gasteiger partial charge < -0.3 is 10.2 Å². The van der Waals surface area contributed by atoms with Gasteiger partial charge in [0.1, 0.15) is 5.69 Å². The van der Waals surface area contributed by atoms with E-state index in [0.717, 1.165) is 0 Å². The first-order valence-corrected chi connectivity index (χ1v) is 5.71. The summed E-state index contributed by atoms with van der Waals surface area (Å²) in [6, 6.07) is 7.27. The second kappa shape index (κ2) is 3.96. The summed E-state index contributed by atoms with van der Waals surface area (Å²) in [5.41, 5.74) is 1.90. The lowest BCUT2D eigenvalue weighted by molar-refractivity contribution is 0.0994. The van der Waals surface area contributed by atoms with Crippen molar-refractivity contribution in [2.24, 2.45) is 0 Å². The van der Waals surface area contributed by atoms with Crippen LogP contribution in [0.25, 0.3) is 0 Å². The molecule has 2 heterocycles. The van der Waals surface area contributed by atoms with Gasteiger partial charge in [0.05, 0.1) is 17.4 Å². The summed E-state index contributed by atoms with van der Waals surface area (Å²) < 4.78 is 0. The van der Waals surface area contributed by atoms with Gasteiger partial charge in [0.25, 0.3) is 5.91 Å². The van der Waals surface area contributed by atoms with Crippen molar-refractivity contribution < 1.29 is 4.79 Å². The molecule has 1 aliphatic heterocycles. The number of halogens is 1. The van der Waals surface area contributed by atoms with E-state index in [4.69, 9.17) is 11.6 Å². The van der Waals surface area contributed by atoms with Crippen LogP contribution < -0.4 is 10.2 Å². The molecule has 0 saturated carbocycles. The van der Waals surface area contributed by atoms with Crippen molar-refractivity contribution in [2.45, 2.75) is 0 Å². The fourth-order valence-corrected chi connectivity index (χ4v) is 2.02. The minimum Gasteiger partial charge on any atom is -0.338 e. The minimum absolute atomic E-state index is 0.109. The molecular formula is C12H9ClN4O. The number of rotatable bonds is 0. The molecule has 0 saturated heterocycles. The molecule has 90 valence electrons. The second-order valence-corrected chi connectivity index (χ2v) is 4.25. The van der Waals surface area contributed by atoms with Crippen LogP contribution in [0.4, 0.5) is 17.2 Å². The summed E-state index contributed by atoms with van der Waals surface area (Å²) in [6.07, 6.45) is 1.53. The lowest BCUT2D eigenvalue weighted by Crippen LogP contribution is -2.25. The summed E-state index contributed by atoms with van der Waals surface area (Å²) in [6.45, 7) is 0. The molecule has 1 aromatic heterocycles. The molecule has 0 bridgehead atoms. The number of nitrogens with zero attached hydrogens (tertiary/aromatic N) is 3. The number of hydrogen-bond acceptors (Lipinski definition) is 4. The van der Waals surface area contributed by atoms with E-state index in [-0.39, 0.29) is 11.2 Å². The van der Waals surface area contributed by atoms with Crippen LogP contribution in [0, 0.1) is 0 Å². The van der Waals surface area contributed by atoms with Crippen molar-refractivity contribution >= 4 is 34.7 Å². The third-order valence-electron chi connectivity index (χ3n) is 2.82. The maximum atomic E-state index is 12.3.